The summed E-state index contributed by atoms with van der Waals surface area (Å²) in [5, 5.41) is 15.5. The van der Waals surface area contributed by atoms with Gasteiger partial charge in [0.05, 0.1) is 0 Å². The number of ether oxygens (including phenoxy) is 1. The number of nitrogens with one attached hydrogen (secondary N) is 2. The van der Waals surface area contributed by atoms with Gasteiger partial charge in [-0.15, -0.1) is 0 Å². The minimum absolute atomic E-state index is 0.0200. The van der Waals surface area contributed by atoms with Gasteiger partial charge in [-0.3, -0.25) is 9.59 Å². The summed E-state index contributed by atoms with van der Waals surface area (Å²) in [6.45, 7) is 8.85. The maximum atomic E-state index is 13.7. The predicted octanol–water partition coefficient (Wildman–Crippen LogP) is 3.55. The number of nitrogens with zero attached hydrogens (tertiary/aromatic N) is 1. The van der Waals surface area contributed by atoms with Gasteiger partial charge in [-0.2, -0.15) is 0 Å². The number of likely N-dealkylation sites (N-methyl/N-ethyl adjacent to an activating group) is 1. The van der Waals surface area contributed by atoms with Crippen molar-refractivity contribution >= 4 is 17.9 Å². The van der Waals surface area contributed by atoms with Crippen LogP contribution in [0, 0.1) is 0 Å². The second-order valence-corrected chi connectivity index (χ2v) is 9.50. The molecule has 0 fully saturated rings. The Bertz CT molecular complexity index is 985. The van der Waals surface area contributed by atoms with Crippen LogP contribution in [-0.4, -0.2) is 52.6 Å². The van der Waals surface area contributed by atoms with Gasteiger partial charge in [-0.1, -0.05) is 42.5 Å². The van der Waals surface area contributed by atoms with Crippen molar-refractivity contribution in [3.8, 4) is 5.75 Å². The zero-order chi connectivity index (χ0) is 25.5. The van der Waals surface area contributed by atoms with E-state index in [9.17, 15) is 19.5 Å². The highest BCUT2D eigenvalue weighted by molar-refractivity contribution is 5.92. The van der Waals surface area contributed by atoms with Crippen LogP contribution in [-0.2, 0) is 20.7 Å². The van der Waals surface area contributed by atoms with Crippen LogP contribution >= 0.6 is 0 Å². The lowest BCUT2D eigenvalue weighted by Crippen LogP contribution is -2.53. The summed E-state index contributed by atoms with van der Waals surface area (Å²) in [5.41, 5.74) is 0.549. The fourth-order valence-corrected chi connectivity index (χ4v) is 3.48. The monoisotopic (exact) mass is 469 g/mol. The minimum atomic E-state index is -1.01. The van der Waals surface area contributed by atoms with Crippen LogP contribution < -0.4 is 10.6 Å². The van der Waals surface area contributed by atoms with Crippen LogP contribution in [0.25, 0.3) is 0 Å². The Morgan fingerprint density at radius 3 is 2.21 bits per heavy atom. The largest absolute Gasteiger partial charge is 0.508 e. The SMILES string of the molecule is CC(C)NC(=O)C(c1cccc(O)c1)N(C)C(=O)C(Cc1ccccc1)NC(=O)OC(C)(C)C. The van der Waals surface area contributed by atoms with E-state index in [1.807, 2.05) is 44.2 Å². The number of carbonyl (C=O) groups excluding carboxylic acids is 3. The summed E-state index contributed by atoms with van der Waals surface area (Å²) < 4.78 is 5.36. The summed E-state index contributed by atoms with van der Waals surface area (Å²) in [5.74, 6) is -0.887. The standard InChI is InChI=1S/C26H35N3O5/c1-17(2)27-23(31)22(19-13-10-14-20(30)16-19)29(6)24(32)21(15-18-11-8-7-9-12-18)28-25(33)34-26(3,4)5/h7-14,16-17,21-22,30H,15H2,1-6H3,(H,27,31)(H,28,33). The van der Waals surface area contributed by atoms with Gasteiger partial charge in [0.15, 0.2) is 0 Å². The van der Waals surface area contributed by atoms with Crippen molar-refractivity contribution in [2.45, 2.75) is 64.8 Å². The molecular formula is C26H35N3O5. The van der Waals surface area contributed by atoms with E-state index >= 15 is 0 Å². The molecule has 0 aromatic heterocycles. The number of carbonyl (C=O) groups is 3. The minimum Gasteiger partial charge on any atom is -0.508 e. The number of rotatable bonds is 8. The number of aromatic hydroxyl groups is 1. The summed E-state index contributed by atoms with van der Waals surface area (Å²) in [6.07, 6.45) is -0.516. The Labute approximate surface area is 201 Å². The summed E-state index contributed by atoms with van der Waals surface area (Å²) in [6, 6.07) is 13.3. The third kappa shape index (κ3) is 8.10. The molecule has 2 unspecified atom stereocenters. The average molecular weight is 470 g/mol. The van der Waals surface area contributed by atoms with Gasteiger partial charge in [0.2, 0.25) is 11.8 Å². The van der Waals surface area contributed by atoms with Gasteiger partial charge < -0.3 is 25.4 Å². The van der Waals surface area contributed by atoms with Crippen molar-refractivity contribution in [1.82, 2.24) is 15.5 Å². The Morgan fingerprint density at radius 2 is 1.65 bits per heavy atom. The maximum Gasteiger partial charge on any atom is 0.408 e. The van der Waals surface area contributed by atoms with E-state index in [1.54, 1.807) is 32.9 Å². The third-order valence-electron chi connectivity index (χ3n) is 4.87. The van der Waals surface area contributed by atoms with Gasteiger partial charge in [0.25, 0.3) is 0 Å². The molecule has 0 radical (unpaired) electrons. The first-order valence-electron chi connectivity index (χ1n) is 11.3. The molecule has 2 aromatic carbocycles. The normalized spacial score (nSPS) is 13.0. The molecule has 0 spiro atoms. The maximum absolute atomic E-state index is 13.7. The Hall–Kier alpha value is -3.55. The molecule has 0 aliphatic carbocycles. The average Bonchev–Trinajstić information content (AvgIpc) is 2.71. The first-order valence-corrected chi connectivity index (χ1v) is 11.3. The number of phenolic OH excluding ortho intramolecular Hbond substituents is 1. The van der Waals surface area contributed by atoms with Crippen LogP contribution in [0.15, 0.2) is 54.6 Å². The Morgan fingerprint density at radius 1 is 1.00 bits per heavy atom. The van der Waals surface area contributed by atoms with Crippen LogP contribution in [0.5, 0.6) is 5.75 Å². The van der Waals surface area contributed by atoms with E-state index < -0.39 is 35.6 Å². The molecule has 2 rings (SSSR count). The van der Waals surface area contributed by atoms with E-state index in [-0.39, 0.29) is 18.2 Å². The number of amides is 3. The van der Waals surface area contributed by atoms with E-state index in [1.165, 1.54) is 24.1 Å². The molecule has 2 aromatic rings. The van der Waals surface area contributed by atoms with Crippen molar-refractivity contribution in [3.05, 3.63) is 65.7 Å². The fourth-order valence-electron chi connectivity index (χ4n) is 3.48. The van der Waals surface area contributed by atoms with E-state index in [0.717, 1.165) is 5.56 Å². The third-order valence-corrected chi connectivity index (χ3v) is 4.87. The van der Waals surface area contributed by atoms with Crippen LogP contribution in [0.3, 0.4) is 0 Å². The second kappa shape index (κ2) is 11.5. The molecule has 3 amide bonds. The molecule has 0 saturated heterocycles. The smallest absolute Gasteiger partial charge is 0.408 e. The topological polar surface area (TPSA) is 108 Å². The van der Waals surface area contributed by atoms with Crippen LogP contribution in [0.4, 0.5) is 4.79 Å². The molecule has 184 valence electrons. The van der Waals surface area contributed by atoms with Crippen molar-refractivity contribution < 1.29 is 24.2 Å². The molecule has 2 atom stereocenters. The first-order chi connectivity index (χ1) is 15.9. The second-order valence-electron chi connectivity index (χ2n) is 9.50. The molecular weight excluding hydrogens is 434 g/mol. The lowest BCUT2D eigenvalue weighted by atomic mass is 10.0. The molecule has 3 N–H and O–H groups in total. The van der Waals surface area contributed by atoms with Gasteiger partial charge >= 0.3 is 6.09 Å². The van der Waals surface area contributed by atoms with Gasteiger partial charge in [-0.25, -0.2) is 4.79 Å². The van der Waals surface area contributed by atoms with Crippen molar-refractivity contribution in [2.24, 2.45) is 0 Å². The number of benzene rings is 2. The van der Waals surface area contributed by atoms with Crippen molar-refractivity contribution in [1.29, 1.82) is 0 Å². The van der Waals surface area contributed by atoms with Crippen molar-refractivity contribution in [2.75, 3.05) is 7.05 Å². The molecule has 0 bridgehead atoms. The van der Waals surface area contributed by atoms with E-state index in [4.69, 9.17) is 4.74 Å². The van der Waals surface area contributed by atoms with Gasteiger partial charge in [0.1, 0.15) is 23.4 Å². The molecule has 8 heteroatoms. The lowest BCUT2D eigenvalue weighted by Gasteiger charge is -2.32. The molecule has 8 nitrogen and oxygen atoms in total. The highest BCUT2D eigenvalue weighted by Gasteiger charge is 2.34. The fraction of sp³-hybridized carbons (Fsp3) is 0.423. The van der Waals surface area contributed by atoms with Crippen LogP contribution in [0.2, 0.25) is 0 Å². The number of hydrogen-bond acceptors (Lipinski definition) is 5. The number of alkyl carbamates (subject to hydrolysis) is 1. The van der Waals surface area contributed by atoms with E-state index in [0.29, 0.717) is 5.56 Å². The van der Waals surface area contributed by atoms with E-state index in [2.05, 4.69) is 10.6 Å². The molecule has 34 heavy (non-hydrogen) atoms. The highest BCUT2D eigenvalue weighted by atomic mass is 16.6. The summed E-state index contributed by atoms with van der Waals surface area (Å²) in [7, 11) is 1.51. The highest BCUT2D eigenvalue weighted by Crippen LogP contribution is 2.25. The Balaban J connectivity index is 2.39. The number of phenols is 1. The zero-order valence-electron chi connectivity index (χ0n) is 20.7. The zero-order valence-corrected chi connectivity index (χ0v) is 20.7. The lowest BCUT2D eigenvalue weighted by molar-refractivity contribution is -0.141. The van der Waals surface area contributed by atoms with Gasteiger partial charge in [-0.05, 0) is 57.9 Å². The number of hydrogen-bond donors (Lipinski definition) is 3. The quantitative estimate of drug-likeness (QED) is 0.548. The van der Waals surface area contributed by atoms with Crippen LogP contribution in [0.1, 0.15) is 51.8 Å². The molecule has 0 heterocycles. The molecule has 0 aliphatic heterocycles. The molecule has 0 aliphatic rings. The first kappa shape index (κ1) is 26.7. The molecule has 0 saturated carbocycles. The summed E-state index contributed by atoms with van der Waals surface area (Å²) in [4.78, 5) is 40.6. The Kier molecular flexibility index (Phi) is 9.06. The van der Waals surface area contributed by atoms with Crippen molar-refractivity contribution in [3.63, 3.8) is 0 Å². The predicted molar refractivity (Wildman–Crippen MR) is 130 cm³/mol. The van der Waals surface area contributed by atoms with Gasteiger partial charge in [0, 0.05) is 19.5 Å². The summed E-state index contributed by atoms with van der Waals surface area (Å²) >= 11 is 0.